The Morgan fingerprint density at radius 3 is 3.20 bits per heavy atom. The zero-order valence-corrected chi connectivity index (χ0v) is 11.2. The second-order valence-corrected chi connectivity index (χ2v) is 5.87. The molecule has 15 heavy (non-hydrogen) atoms. The minimum Gasteiger partial charge on any atom is -0.371 e. The molecule has 1 aliphatic rings. The molecule has 1 aromatic heterocycles. The first-order valence-corrected chi connectivity index (χ1v) is 6.99. The van der Waals surface area contributed by atoms with Crippen LogP contribution in [0.15, 0.2) is 15.9 Å². The van der Waals surface area contributed by atoms with Crippen molar-refractivity contribution in [1.29, 1.82) is 0 Å². The third kappa shape index (κ3) is 3.03. The van der Waals surface area contributed by atoms with Gasteiger partial charge < -0.3 is 10.1 Å². The number of thiophene rings is 1. The Morgan fingerprint density at radius 2 is 2.53 bits per heavy atom. The van der Waals surface area contributed by atoms with Crippen LogP contribution in [-0.4, -0.2) is 19.2 Å². The zero-order valence-electron chi connectivity index (χ0n) is 8.83. The van der Waals surface area contributed by atoms with Gasteiger partial charge in [-0.15, -0.1) is 11.3 Å². The number of hydrogen-bond acceptors (Lipinski definition) is 3. The molecule has 0 amide bonds. The molecule has 1 saturated heterocycles. The van der Waals surface area contributed by atoms with E-state index < -0.39 is 0 Å². The van der Waals surface area contributed by atoms with Gasteiger partial charge in [-0.05, 0) is 46.3 Å². The largest absolute Gasteiger partial charge is 0.371 e. The second-order valence-electron chi connectivity index (χ2n) is 4.01. The van der Waals surface area contributed by atoms with Gasteiger partial charge in [-0.1, -0.05) is 6.92 Å². The summed E-state index contributed by atoms with van der Waals surface area (Å²) in [6.45, 7) is 5.12. The Labute approximate surface area is 103 Å². The molecule has 84 valence electrons. The first kappa shape index (κ1) is 11.6. The van der Waals surface area contributed by atoms with Gasteiger partial charge in [-0.2, -0.15) is 0 Å². The molecule has 0 saturated carbocycles. The van der Waals surface area contributed by atoms with E-state index in [1.807, 2.05) is 0 Å². The van der Waals surface area contributed by atoms with Gasteiger partial charge >= 0.3 is 0 Å². The van der Waals surface area contributed by atoms with E-state index in [1.165, 1.54) is 15.8 Å². The maximum absolute atomic E-state index is 5.94. The fourth-order valence-electron chi connectivity index (χ4n) is 1.80. The maximum atomic E-state index is 5.94. The van der Waals surface area contributed by atoms with Crippen molar-refractivity contribution in [2.45, 2.75) is 26.1 Å². The van der Waals surface area contributed by atoms with Crippen LogP contribution in [0.25, 0.3) is 0 Å². The summed E-state index contributed by atoms with van der Waals surface area (Å²) in [5.41, 5.74) is 0. The third-order valence-electron chi connectivity index (χ3n) is 2.88. The van der Waals surface area contributed by atoms with E-state index in [0.29, 0.717) is 12.0 Å². The normalized spacial score (nSPS) is 26.8. The molecule has 0 bridgehead atoms. The lowest BCUT2D eigenvalue weighted by Crippen LogP contribution is -2.40. The van der Waals surface area contributed by atoms with Crippen LogP contribution < -0.4 is 5.32 Å². The average Bonchev–Trinajstić information content (AvgIpc) is 2.63. The summed E-state index contributed by atoms with van der Waals surface area (Å²) in [7, 11) is 0. The summed E-state index contributed by atoms with van der Waals surface area (Å²) in [6.07, 6.45) is 1.59. The number of halogens is 1. The van der Waals surface area contributed by atoms with Gasteiger partial charge in [0.25, 0.3) is 0 Å². The molecule has 1 aromatic rings. The maximum Gasteiger partial charge on any atom is 0.0825 e. The van der Waals surface area contributed by atoms with E-state index in [-0.39, 0.29) is 0 Å². The van der Waals surface area contributed by atoms with Crippen LogP contribution in [-0.2, 0) is 11.3 Å². The molecule has 1 fully saturated rings. The molecule has 0 aromatic carbocycles. The van der Waals surface area contributed by atoms with E-state index >= 15 is 0 Å². The number of nitrogens with one attached hydrogen (secondary N) is 1. The summed E-state index contributed by atoms with van der Waals surface area (Å²) < 4.78 is 7.11. The molecule has 0 aliphatic carbocycles. The van der Waals surface area contributed by atoms with Crippen LogP contribution in [0.5, 0.6) is 0 Å². The van der Waals surface area contributed by atoms with Crippen molar-refractivity contribution in [1.82, 2.24) is 5.32 Å². The first-order chi connectivity index (χ1) is 7.27. The summed E-state index contributed by atoms with van der Waals surface area (Å²) in [4.78, 5) is 1.28. The number of ether oxygens (including phenoxy) is 1. The first-order valence-electron chi connectivity index (χ1n) is 5.31. The minimum atomic E-state index is 0.368. The lowest BCUT2D eigenvalue weighted by molar-refractivity contribution is -0.00560. The monoisotopic (exact) mass is 289 g/mol. The smallest absolute Gasteiger partial charge is 0.0825 e. The van der Waals surface area contributed by atoms with Crippen molar-refractivity contribution in [3.63, 3.8) is 0 Å². The Balaban J connectivity index is 1.84. The molecule has 2 heterocycles. The van der Waals surface area contributed by atoms with E-state index in [4.69, 9.17) is 4.74 Å². The Kier molecular flexibility index (Phi) is 4.20. The molecule has 1 aliphatic heterocycles. The van der Waals surface area contributed by atoms with Gasteiger partial charge in [0.05, 0.1) is 12.7 Å². The number of piperidine rings is 1. The summed E-state index contributed by atoms with van der Waals surface area (Å²) in [6, 6.07) is 2.08. The Morgan fingerprint density at radius 1 is 1.67 bits per heavy atom. The van der Waals surface area contributed by atoms with Crippen molar-refractivity contribution in [2.24, 2.45) is 5.92 Å². The Hall–Kier alpha value is 0.100. The standard InChI is InChI=1S/C11H16BrNOS/c1-8-2-4-13-6-10(8)14-7-11-9(12)3-5-15-11/h3,5,8,10,13H,2,4,6-7H2,1H3. The molecule has 0 spiro atoms. The molecule has 2 nitrogen and oxygen atoms in total. The minimum absolute atomic E-state index is 0.368. The highest BCUT2D eigenvalue weighted by molar-refractivity contribution is 9.10. The molecule has 2 atom stereocenters. The van der Waals surface area contributed by atoms with Crippen LogP contribution in [0.1, 0.15) is 18.2 Å². The topological polar surface area (TPSA) is 21.3 Å². The van der Waals surface area contributed by atoms with Crippen LogP contribution >= 0.6 is 27.3 Å². The fraction of sp³-hybridized carbons (Fsp3) is 0.636. The Bertz CT molecular complexity index is 315. The summed E-state index contributed by atoms with van der Waals surface area (Å²) >= 11 is 5.27. The SMILES string of the molecule is CC1CCNCC1OCc1sccc1Br. The summed E-state index contributed by atoms with van der Waals surface area (Å²) in [5.74, 6) is 0.671. The second kappa shape index (κ2) is 5.43. The molecule has 1 N–H and O–H groups in total. The molecular weight excluding hydrogens is 274 g/mol. The highest BCUT2D eigenvalue weighted by atomic mass is 79.9. The van der Waals surface area contributed by atoms with Crippen molar-refractivity contribution >= 4 is 27.3 Å². The molecule has 4 heteroatoms. The number of rotatable bonds is 3. The van der Waals surface area contributed by atoms with Crippen molar-refractivity contribution in [3.05, 3.63) is 20.8 Å². The zero-order chi connectivity index (χ0) is 10.7. The summed E-state index contributed by atoms with van der Waals surface area (Å²) in [5, 5.41) is 5.47. The van der Waals surface area contributed by atoms with E-state index in [9.17, 15) is 0 Å². The number of hydrogen-bond donors (Lipinski definition) is 1. The fourth-order valence-corrected chi connectivity index (χ4v) is 3.18. The van der Waals surface area contributed by atoms with Crippen LogP contribution in [0.4, 0.5) is 0 Å². The van der Waals surface area contributed by atoms with Crippen molar-refractivity contribution in [2.75, 3.05) is 13.1 Å². The van der Waals surface area contributed by atoms with Gasteiger partial charge in [0.1, 0.15) is 0 Å². The van der Waals surface area contributed by atoms with Crippen molar-refractivity contribution < 1.29 is 4.74 Å². The van der Waals surface area contributed by atoms with Crippen LogP contribution in [0, 0.1) is 5.92 Å². The third-order valence-corrected chi connectivity index (χ3v) is 4.78. The molecule has 2 unspecified atom stereocenters. The quantitative estimate of drug-likeness (QED) is 0.924. The molecular formula is C11H16BrNOS. The van der Waals surface area contributed by atoms with Gasteiger partial charge in [0.15, 0.2) is 0 Å². The van der Waals surface area contributed by atoms with E-state index in [2.05, 4.69) is 39.6 Å². The van der Waals surface area contributed by atoms with E-state index in [0.717, 1.165) is 19.7 Å². The lowest BCUT2D eigenvalue weighted by Gasteiger charge is -2.29. The predicted molar refractivity (Wildman–Crippen MR) is 67.2 cm³/mol. The molecule has 0 radical (unpaired) electrons. The van der Waals surface area contributed by atoms with Gasteiger partial charge in [0, 0.05) is 15.9 Å². The van der Waals surface area contributed by atoms with E-state index in [1.54, 1.807) is 11.3 Å². The lowest BCUT2D eigenvalue weighted by atomic mass is 9.97. The molecule has 2 rings (SSSR count). The van der Waals surface area contributed by atoms with Crippen LogP contribution in [0.2, 0.25) is 0 Å². The van der Waals surface area contributed by atoms with Gasteiger partial charge in [-0.3, -0.25) is 0 Å². The van der Waals surface area contributed by atoms with Crippen LogP contribution in [0.3, 0.4) is 0 Å². The predicted octanol–water partition coefficient (Wildman–Crippen LogP) is 3.03. The van der Waals surface area contributed by atoms with Gasteiger partial charge in [-0.25, -0.2) is 0 Å². The average molecular weight is 290 g/mol. The van der Waals surface area contributed by atoms with Crippen molar-refractivity contribution in [3.8, 4) is 0 Å². The highest BCUT2D eigenvalue weighted by Crippen LogP contribution is 2.25. The van der Waals surface area contributed by atoms with Gasteiger partial charge in [0.2, 0.25) is 0 Å². The highest BCUT2D eigenvalue weighted by Gasteiger charge is 2.21.